The van der Waals surface area contributed by atoms with Gasteiger partial charge in [0.15, 0.2) is 0 Å². The number of hydrazine groups is 1. The van der Waals surface area contributed by atoms with Crippen molar-refractivity contribution in [2.45, 2.75) is 30.6 Å². The first kappa shape index (κ1) is 11.0. The molecule has 1 aromatic heterocycles. The van der Waals surface area contributed by atoms with Crippen molar-refractivity contribution in [3.05, 3.63) is 18.0 Å². The summed E-state index contributed by atoms with van der Waals surface area (Å²) in [5.41, 5.74) is 4.20. The molecule has 1 fully saturated rings. The lowest BCUT2D eigenvalue weighted by atomic mass is 10.0. The highest BCUT2D eigenvalue weighted by atomic mass is 32.2. The van der Waals surface area contributed by atoms with Crippen LogP contribution in [0.15, 0.2) is 12.4 Å². The van der Waals surface area contributed by atoms with E-state index in [0.717, 1.165) is 6.42 Å². The Morgan fingerprint density at radius 3 is 3.20 bits per heavy atom. The molecule has 0 aromatic carbocycles. The van der Waals surface area contributed by atoms with Gasteiger partial charge in [0.1, 0.15) is 0 Å². The fraction of sp³-hybridized carbons (Fsp3) is 0.700. The molecule has 84 valence electrons. The summed E-state index contributed by atoms with van der Waals surface area (Å²) < 4.78 is 1.84. The van der Waals surface area contributed by atoms with E-state index in [4.69, 9.17) is 5.84 Å². The molecule has 2 atom stereocenters. The molecule has 0 saturated carbocycles. The standard InChI is InChI=1S/C10H18N4S/c1-14-7-8(6-12-14)5-9(13-11)10-3-2-4-15-10/h6-7,9-10,13H,2-5,11H2,1H3. The van der Waals surface area contributed by atoms with Crippen molar-refractivity contribution in [1.82, 2.24) is 15.2 Å². The summed E-state index contributed by atoms with van der Waals surface area (Å²) in [6, 6.07) is 0.377. The minimum absolute atomic E-state index is 0.377. The molecule has 15 heavy (non-hydrogen) atoms. The van der Waals surface area contributed by atoms with E-state index in [2.05, 4.69) is 16.7 Å². The molecule has 0 amide bonds. The number of aromatic nitrogens is 2. The first-order chi connectivity index (χ1) is 7.29. The summed E-state index contributed by atoms with van der Waals surface area (Å²) in [4.78, 5) is 0. The van der Waals surface area contributed by atoms with Crippen LogP contribution in [0.3, 0.4) is 0 Å². The smallest absolute Gasteiger partial charge is 0.0522 e. The molecular weight excluding hydrogens is 208 g/mol. The van der Waals surface area contributed by atoms with Crippen LogP contribution < -0.4 is 11.3 Å². The van der Waals surface area contributed by atoms with E-state index >= 15 is 0 Å². The highest BCUT2D eigenvalue weighted by Gasteiger charge is 2.25. The van der Waals surface area contributed by atoms with Crippen molar-refractivity contribution in [3.8, 4) is 0 Å². The Morgan fingerprint density at radius 2 is 2.67 bits per heavy atom. The first-order valence-corrected chi connectivity index (χ1v) is 6.39. The number of rotatable bonds is 4. The van der Waals surface area contributed by atoms with Crippen LogP contribution in [-0.2, 0) is 13.5 Å². The second-order valence-electron chi connectivity index (χ2n) is 4.05. The van der Waals surface area contributed by atoms with Crippen LogP contribution in [0.2, 0.25) is 0 Å². The third-order valence-electron chi connectivity index (χ3n) is 2.84. The Balaban J connectivity index is 1.95. The quantitative estimate of drug-likeness (QED) is 0.586. The van der Waals surface area contributed by atoms with Gasteiger partial charge in [-0.05, 0) is 30.6 Å². The molecule has 4 nitrogen and oxygen atoms in total. The molecule has 2 rings (SSSR count). The normalized spacial score (nSPS) is 23.2. The van der Waals surface area contributed by atoms with Crippen molar-refractivity contribution in [3.63, 3.8) is 0 Å². The van der Waals surface area contributed by atoms with Crippen molar-refractivity contribution in [1.29, 1.82) is 0 Å². The second-order valence-corrected chi connectivity index (χ2v) is 5.40. The predicted molar refractivity (Wildman–Crippen MR) is 63.5 cm³/mol. The molecule has 3 N–H and O–H groups in total. The average Bonchev–Trinajstić information content (AvgIpc) is 2.85. The zero-order valence-corrected chi connectivity index (χ0v) is 9.83. The molecule has 0 radical (unpaired) electrons. The van der Waals surface area contributed by atoms with Crippen LogP contribution >= 0.6 is 11.8 Å². The molecule has 0 bridgehead atoms. The number of hydrogen-bond acceptors (Lipinski definition) is 4. The highest BCUT2D eigenvalue weighted by molar-refractivity contribution is 8.00. The maximum Gasteiger partial charge on any atom is 0.0522 e. The van der Waals surface area contributed by atoms with Crippen molar-refractivity contribution in [2.75, 3.05) is 5.75 Å². The minimum Gasteiger partial charge on any atom is -0.276 e. The van der Waals surface area contributed by atoms with Gasteiger partial charge in [-0.15, -0.1) is 0 Å². The molecule has 0 aliphatic carbocycles. The van der Waals surface area contributed by atoms with E-state index in [1.54, 1.807) is 0 Å². The van der Waals surface area contributed by atoms with Gasteiger partial charge < -0.3 is 0 Å². The van der Waals surface area contributed by atoms with Gasteiger partial charge in [0.2, 0.25) is 0 Å². The van der Waals surface area contributed by atoms with Crippen LogP contribution in [0.1, 0.15) is 18.4 Å². The lowest BCUT2D eigenvalue weighted by molar-refractivity contribution is 0.496. The van der Waals surface area contributed by atoms with Gasteiger partial charge in [-0.25, -0.2) is 0 Å². The first-order valence-electron chi connectivity index (χ1n) is 5.35. The topological polar surface area (TPSA) is 55.9 Å². The summed E-state index contributed by atoms with van der Waals surface area (Å²) in [5.74, 6) is 6.89. The van der Waals surface area contributed by atoms with E-state index in [-0.39, 0.29) is 0 Å². The number of aryl methyl sites for hydroxylation is 1. The molecule has 1 aliphatic heterocycles. The summed E-state index contributed by atoms with van der Waals surface area (Å²) in [5, 5.41) is 4.83. The zero-order valence-electron chi connectivity index (χ0n) is 9.02. The summed E-state index contributed by atoms with van der Waals surface area (Å²) in [6.45, 7) is 0. The maximum absolute atomic E-state index is 5.62. The SMILES string of the molecule is Cn1cc(CC(NN)C2CCCS2)cn1. The molecule has 5 heteroatoms. The van der Waals surface area contributed by atoms with E-state index < -0.39 is 0 Å². The van der Waals surface area contributed by atoms with Gasteiger partial charge in [-0.1, -0.05) is 0 Å². The predicted octanol–water partition coefficient (Wildman–Crippen LogP) is 0.690. The molecule has 1 saturated heterocycles. The molecule has 1 aliphatic rings. The maximum atomic E-state index is 5.62. The summed E-state index contributed by atoms with van der Waals surface area (Å²) in [7, 11) is 1.94. The Hall–Kier alpha value is -0.520. The van der Waals surface area contributed by atoms with Gasteiger partial charge in [-0.3, -0.25) is 16.0 Å². The minimum atomic E-state index is 0.377. The van der Waals surface area contributed by atoms with Crippen LogP contribution in [0.4, 0.5) is 0 Å². The monoisotopic (exact) mass is 226 g/mol. The summed E-state index contributed by atoms with van der Waals surface area (Å²) >= 11 is 2.03. The Kier molecular flexibility index (Phi) is 3.66. The van der Waals surface area contributed by atoms with Crippen LogP contribution in [0.5, 0.6) is 0 Å². The van der Waals surface area contributed by atoms with Gasteiger partial charge in [0.05, 0.1) is 6.20 Å². The molecule has 2 heterocycles. The lowest BCUT2D eigenvalue weighted by Gasteiger charge is -2.21. The van der Waals surface area contributed by atoms with E-state index in [9.17, 15) is 0 Å². The average molecular weight is 226 g/mol. The fourth-order valence-electron chi connectivity index (χ4n) is 2.05. The van der Waals surface area contributed by atoms with Crippen LogP contribution in [0.25, 0.3) is 0 Å². The molecular formula is C10H18N4S. The summed E-state index contributed by atoms with van der Waals surface area (Å²) in [6.07, 6.45) is 7.55. The van der Waals surface area contributed by atoms with Crippen LogP contribution in [-0.4, -0.2) is 26.8 Å². The van der Waals surface area contributed by atoms with E-state index in [1.165, 1.54) is 24.2 Å². The molecule has 0 spiro atoms. The number of hydrogen-bond donors (Lipinski definition) is 2. The van der Waals surface area contributed by atoms with E-state index in [1.807, 2.05) is 29.7 Å². The third kappa shape index (κ3) is 2.74. The number of nitrogens with one attached hydrogen (secondary N) is 1. The van der Waals surface area contributed by atoms with Gasteiger partial charge in [-0.2, -0.15) is 16.9 Å². The van der Waals surface area contributed by atoms with Gasteiger partial charge in [0.25, 0.3) is 0 Å². The largest absolute Gasteiger partial charge is 0.276 e. The highest BCUT2D eigenvalue weighted by Crippen LogP contribution is 2.29. The number of nitrogens with zero attached hydrogens (tertiary/aromatic N) is 2. The van der Waals surface area contributed by atoms with Crippen LogP contribution in [0, 0.1) is 0 Å². The Labute approximate surface area is 94.6 Å². The lowest BCUT2D eigenvalue weighted by Crippen LogP contribution is -2.43. The number of thioether (sulfide) groups is 1. The van der Waals surface area contributed by atoms with Crippen molar-refractivity contribution >= 4 is 11.8 Å². The number of nitrogens with two attached hydrogens (primary N) is 1. The van der Waals surface area contributed by atoms with Crippen molar-refractivity contribution in [2.24, 2.45) is 12.9 Å². The van der Waals surface area contributed by atoms with Gasteiger partial charge >= 0.3 is 0 Å². The Bertz CT molecular complexity index is 306. The fourth-order valence-corrected chi connectivity index (χ4v) is 3.43. The zero-order chi connectivity index (χ0) is 10.7. The molecule has 2 unspecified atom stereocenters. The second kappa shape index (κ2) is 5.01. The Morgan fingerprint density at radius 1 is 1.80 bits per heavy atom. The third-order valence-corrected chi connectivity index (χ3v) is 4.36. The van der Waals surface area contributed by atoms with E-state index in [0.29, 0.717) is 11.3 Å². The molecule has 1 aromatic rings. The van der Waals surface area contributed by atoms with Gasteiger partial charge in [0, 0.05) is 24.5 Å². The van der Waals surface area contributed by atoms with Crippen molar-refractivity contribution < 1.29 is 0 Å².